The van der Waals surface area contributed by atoms with E-state index in [9.17, 15) is 9.18 Å². The molecule has 0 saturated carbocycles. The molecule has 2 saturated heterocycles. The zero-order valence-electron chi connectivity index (χ0n) is 12.7. The lowest BCUT2D eigenvalue weighted by atomic mass is 10.0. The van der Waals surface area contributed by atoms with Crippen LogP contribution in [0.25, 0.3) is 6.08 Å². The number of rotatable bonds is 3. The quantitative estimate of drug-likeness (QED) is 0.751. The summed E-state index contributed by atoms with van der Waals surface area (Å²) < 4.78 is 25.6. The van der Waals surface area contributed by atoms with E-state index in [0.717, 1.165) is 23.7 Å². The first-order chi connectivity index (χ1) is 11.1. The molecule has 1 aromatic rings. The second kappa shape index (κ2) is 7.55. The summed E-state index contributed by atoms with van der Waals surface area (Å²) in [5, 5.41) is 0. The van der Waals surface area contributed by atoms with E-state index in [2.05, 4.69) is 15.9 Å². The standard InChI is InChI=1S/C17H19BrFNO3/c18-13-5-6-14(19)12(11-13)4-7-16(21)20-8-2-1-3-15(20)17-22-9-10-23-17/h4-7,11,15,17H,1-3,8-10H2. The maximum atomic E-state index is 13.7. The van der Waals surface area contributed by atoms with Gasteiger partial charge in [-0.1, -0.05) is 15.9 Å². The molecule has 1 atom stereocenters. The molecule has 1 amide bonds. The molecule has 124 valence electrons. The number of piperidine rings is 1. The summed E-state index contributed by atoms with van der Waals surface area (Å²) in [4.78, 5) is 14.3. The first kappa shape index (κ1) is 16.6. The van der Waals surface area contributed by atoms with Crippen LogP contribution in [0, 0.1) is 5.82 Å². The van der Waals surface area contributed by atoms with E-state index in [1.54, 1.807) is 17.0 Å². The van der Waals surface area contributed by atoms with E-state index < -0.39 is 0 Å². The molecule has 2 aliphatic heterocycles. The normalized spacial score (nSPS) is 22.9. The summed E-state index contributed by atoms with van der Waals surface area (Å²) in [5.74, 6) is -0.483. The van der Waals surface area contributed by atoms with E-state index in [1.165, 1.54) is 18.2 Å². The fourth-order valence-electron chi connectivity index (χ4n) is 3.01. The Balaban J connectivity index is 1.72. The molecule has 4 nitrogen and oxygen atoms in total. The lowest BCUT2D eigenvalue weighted by Gasteiger charge is -2.37. The molecule has 0 aromatic heterocycles. The molecule has 23 heavy (non-hydrogen) atoms. The van der Waals surface area contributed by atoms with Gasteiger partial charge in [0.05, 0.1) is 19.3 Å². The Labute approximate surface area is 143 Å². The van der Waals surface area contributed by atoms with Gasteiger partial charge in [-0.05, 0) is 43.5 Å². The predicted molar refractivity (Wildman–Crippen MR) is 88.2 cm³/mol. The first-order valence-corrected chi connectivity index (χ1v) is 8.61. The van der Waals surface area contributed by atoms with Crippen LogP contribution in [0.5, 0.6) is 0 Å². The zero-order chi connectivity index (χ0) is 16.2. The lowest BCUT2D eigenvalue weighted by molar-refractivity contribution is -0.145. The van der Waals surface area contributed by atoms with Crippen molar-refractivity contribution >= 4 is 27.9 Å². The van der Waals surface area contributed by atoms with Gasteiger partial charge in [-0.25, -0.2) is 4.39 Å². The highest BCUT2D eigenvalue weighted by atomic mass is 79.9. The molecule has 2 aliphatic rings. The maximum Gasteiger partial charge on any atom is 0.247 e. The predicted octanol–water partition coefficient (Wildman–Crippen LogP) is 3.36. The van der Waals surface area contributed by atoms with Gasteiger partial charge in [0.2, 0.25) is 5.91 Å². The van der Waals surface area contributed by atoms with Crippen LogP contribution in [0.3, 0.4) is 0 Å². The molecule has 0 bridgehead atoms. The summed E-state index contributed by atoms with van der Waals surface area (Å²) >= 11 is 3.31. The van der Waals surface area contributed by atoms with Gasteiger partial charge in [0.15, 0.2) is 6.29 Å². The Hall–Kier alpha value is -1.24. The number of ether oxygens (including phenoxy) is 2. The van der Waals surface area contributed by atoms with Crippen molar-refractivity contribution in [1.82, 2.24) is 4.90 Å². The van der Waals surface area contributed by atoms with Gasteiger partial charge in [0, 0.05) is 22.7 Å². The molecular formula is C17H19BrFNO3. The van der Waals surface area contributed by atoms with E-state index in [-0.39, 0.29) is 24.1 Å². The lowest BCUT2D eigenvalue weighted by Crippen LogP contribution is -2.49. The molecule has 0 radical (unpaired) electrons. The van der Waals surface area contributed by atoms with Crippen LogP contribution in [-0.2, 0) is 14.3 Å². The Bertz CT molecular complexity index is 602. The molecule has 0 N–H and O–H groups in total. The number of nitrogens with zero attached hydrogens (tertiary/aromatic N) is 1. The van der Waals surface area contributed by atoms with Gasteiger partial charge in [0.1, 0.15) is 5.82 Å². The molecular weight excluding hydrogens is 365 g/mol. The highest BCUT2D eigenvalue weighted by Crippen LogP contribution is 2.25. The van der Waals surface area contributed by atoms with Gasteiger partial charge in [-0.15, -0.1) is 0 Å². The van der Waals surface area contributed by atoms with Crippen molar-refractivity contribution in [2.75, 3.05) is 19.8 Å². The number of benzene rings is 1. The largest absolute Gasteiger partial charge is 0.348 e. The monoisotopic (exact) mass is 383 g/mol. The Kier molecular flexibility index (Phi) is 5.46. The maximum absolute atomic E-state index is 13.7. The molecule has 2 fully saturated rings. The van der Waals surface area contributed by atoms with Gasteiger partial charge < -0.3 is 14.4 Å². The van der Waals surface area contributed by atoms with Gasteiger partial charge in [0.25, 0.3) is 0 Å². The van der Waals surface area contributed by atoms with Crippen molar-refractivity contribution in [2.24, 2.45) is 0 Å². The highest BCUT2D eigenvalue weighted by molar-refractivity contribution is 9.10. The zero-order valence-corrected chi connectivity index (χ0v) is 14.3. The second-order valence-electron chi connectivity index (χ2n) is 5.70. The van der Waals surface area contributed by atoms with E-state index in [0.29, 0.717) is 25.3 Å². The molecule has 0 aliphatic carbocycles. The minimum absolute atomic E-state index is 0.0595. The first-order valence-electron chi connectivity index (χ1n) is 7.82. The van der Waals surface area contributed by atoms with Gasteiger partial charge in [-0.3, -0.25) is 4.79 Å². The van der Waals surface area contributed by atoms with E-state index in [1.807, 2.05) is 0 Å². The molecule has 6 heteroatoms. The van der Waals surface area contributed by atoms with Crippen molar-refractivity contribution in [2.45, 2.75) is 31.6 Å². The molecule has 1 aromatic carbocycles. The Morgan fingerprint density at radius 3 is 2.87 bits per heavy atom. The van der Waals surface area contributed by atoms with Crippen molar-refractivity contribution in [3.63, 3.8) is 0 Å². The summed E-state index contributed by atoms with van der Waals surface area (Å²) in [6.45, 7) is 1.82. The van der Waals surface area contributed by atoms with E-state index >= 15 is 0 Å². The highest BCUT2D eigenvalue weighted by Gasteiger charge is 2.35. The Morgan fingerprint density at radius 2 is 2.09 bits per heavy atom. The van der Waals surface area contributed by atoms with Crippen LogP contribution in [0.4, 0.5) is 4.39 Å². The van der Waals surface area contributed by atoms with Crippen molar-refractivity contribution < 1.29 is 18.7 Å². The SMILES string of the molecule is O=C(C=Cc1cc(Br)ccc1F)N1CCCCC1C1OCCO1. The fraction of sp³-hybridized carbons (Fsp3) is 0.471. The third kappa shape index (κ3) is 4.00. The van der Waals surface area contributed by atoms with Crippen molar-refractivity contribution in [3.05, 3.63) is 40.1 Å². The average molecular weight is 384 g/mol. The summed E-state index contributed by atoms with van der Waals surface area (Å²) in [7, 11) is 0. The number of halogens is 2. The average Bonchev–Trinajstić information content (AvgIpc) is 3.10. The third-order valence-electron chi connectivity index (χ3n) is 4.16. The van der Waals surface area contributed by atoms with Crippen molar-refractivity contribution in [1.29, 1.82) is 0 Å². The van der Waals surface area contributed by atoms with Crippen LogP contribution in [0.1, 0.15) is 24.8 Å². The number of carbonyl (C=O) groups is 1. The number of amides is 1. The van der Waals surface area contributed by atoms with E-state index in [4.69, 9.17) is 9.47 Å². The minimum Gasteiger partial charge on any atom is -0.348 e. The van der Waals surface area contributed by atoms with Crippen LogP contribution in [-0.4, -0.2) is 42.9 Å². The summed E-state index contributed by atoms with van der Waals surface area (Å²) in [5.41, 5.74) is 0.384. The topological polar surface area (TPSA) is 38.8 Å². The smallest absolute Gasteiger partial charge is 0.247 e. The molecule has 1 unspecified atom stereocenters. The van der Waals surface area contributed by atoms with Crippen LogP contribution >= 0.6 is 15.9 Å². The van der Waals surface area contributed by atoms with Gasteiger partial charge >= 0.3 is 0 Å². The van der Waals surface area contributed by atoms with Crippen molar-refractivity contribution in [3.8, 4) is 0 Å². The number of hydrogen-bond donors (Lipinski definition) is 0. The summed E-state index contributed by atoms with van der Waals surface area (Å²) in [6.07, 6.45) is 5.50. The number of carbonyl (C=O) groups excluding carboxylic acids is 1. The summed E-state index contributed by atoms with van der Waals surface area (Å²) in [6, 6.07) is 4.59. The number of hydrogen-bond acceptors (Lipinski definition) is 3. The minimum atomic E-state index is -0.352. The molecule has 0 spiro atoms. The van der Waals surface area contributed by atoms with Crippen LogP contribution in [0.2, 0.25) is 0 Å². The van der Waals surface area contributed by atoms with Crippen LogP contribution in [0.15, 0.2) is 28.7 Å². The Morgan fingerprint density at radius 1 is 1.30 bits per heavy atom. The van der Waals surface area contributed by atoms with Crippen LogP contribution < -0.4 is 0 Å². The second-order valence-corrected chi connectivity index (χ2v) is 6.62. The van der Waals surface area contributed by atoms with Gasteiger partial charge in [-0.2, -0.15) is 0 Å². The number of likely N-dealkylation sites (tertiary alicyclic amines) is 1. The molecule has 2 heterocycles. The molecule has 3 rings (SSSR count). The fourth-order valence-corrected chi connectivity index (χ4v) is 3.39. The third-order valence-corrected chi connectivity index (χ3v) is 4.65.